The fourth-order valence-corrected chi connectivity index (χ4v) is 1.88. The van der Waals surface area contributed by atoms with Crippen LogP contribution >= 0.6 is 0 Å². The van der Waals surface area contributed by atoms with E-state index in [4.69, 9.17) is 4.74 Å². The molecule has 0 bridgehead atoms. The predicted octanol–water partition coefficient (Wildman–Crippen LogP) is 1.46. The lowest BCUT2D eigenvalue weighted by molar-refractivity contribution is -0.122. The zero-order valence-electron chi connectivity index (χ0n) is 10.7. The normalized spacial score (nSPS) is 14.9. The number of aromatic nitrogens is 2. The van der Waals surface area contributed by atoms with Crippen LogP contribution in [0.3, 0.4) is 0 Å². The van der Waals surface area contributed by atoms with E-state index >= 15 is 0 Å². The number of carbonyl (C=O) groups is 1. The maximum Gasteiger partial charge on any atom is 0.282 e. The number of ether oxygens (including phenoxy) is 1. The molecule has 1 N–H and O–H groups in total. The van der Waals surface area contributed by atoms with E-state index in [0.29, 0.717) is 13.2 Å². The van der Waals surface area contributed by atoms with Crippen molar-refractivity contribution in [3.63, 3.8) is 0 Å². The molecular formula is C12H17F2N3O2. The van der Waals surface area contributed by atoms with Gasteiger partial charge in [0.15, 0.2) is 0 Å². The Labute approximate surface area is 109 Å². The molecule has 1 heterocycles. The minimum Gasteiger partial charge on any atom is -0.383 e. The number of carbonyl (C=O) groups excluding carboxylic acids is 1. The van der Waals surface area contributed by atoms with Gasteiger partial charge in [-0.05, 0) is 18.9 Å². The molecule has 0 atom stereocenters. The van der Waals surface area contributed by atoms with E-state index in [1.165, 1.54) is 10.7 Å². The van der Waals surface area contributed by atoms with Gasteiger partial charge in [0, 0.05) is 25.3 Å². The Morgan fingerprint density at radius 3 is 2.95 bits per heavy atom. The van der Waals surface area contributed by atoms with Gasteiger partial charge in [0.25, 0.3) is 6.43 Å². The summed E-state index contributed by atoms with van der Waals surface area (Å²) in [4.78, 5) is 11.6. The third kappa shape index (κ3) is 3.73. The molecule has 0 aliphatic heterocycles. The fraction of sp³-hybridized carbons (Fsp3) is 0.667. The summed E-state index contributed by atoms with van der Waals surface area (Å²) in [7, 11) is 1.54. The molecule has 0 radical (unpaired) electrons. The van der Waals surface area contributed by atoms with Crippen LogP contribution in [0.1, 0.15) is 36.6 Å². The highest BCUT2D eigenvalue weighted by Gasteiger charge is 2.30. The Morgan fingerprint density at radius 1 is 1.63 bits per heavy atom. The molecule has 0 spiro atoms. The molecule has 106 valence electrons. The van der Waals surface area contributed by atoms with Gasteiger partial charge in [-0.3, -0.25) is 9.48 Å². The first kappa shape index (κ1) is 13.9. The Kier molecular flexibility index (Phi) is 4.47. The van der Waals surface area contributed by atoms with Crippen LogP contribution < -0.4 is 5.32 Å². The molecule has 1 aromatic rings. The quantitative estimate of drug-likeness (QED) is 0.765. The monoisotopic (exact) mass is 273 g/mol. The molecule has 0 aromatic carbocycles. The van der Waals surface area contributed by atoms with Gasteiger partial charge in [-0.25, -0.2) is 8.78 Å². The number of halogens is 2. The molecule has 1 aromatic heterocycles. The smallest absolute Gasteiger partial charge is 0.282 e. The number of hydrogen-bond donors (Lipinski definition) is 1. The van der Waals surface area contributed by atoms with Gasteiger partial charge in [-0.2, -0.15) is 5.10 Å². The van der Waals surface area contributed by atoms with E-state index in [1.54, 1.807) is 7.11 Å². The van der Waals surface area contributed by atoms with E-state index in [1.807, 2.05) is 0 Å². The zero-order chi connectivity index (χ0) is 13.8. The number of amides is 1. The second-order valence-electron chi connectivity index (χ2n) is 4.57. The lowest BCUT2D eigenvalue weighted by atomic mass is 10.2. The van der Waals surface area contributed by atoms with Gasteiger partial charge in [0.2, 0.25) is 5.91 Å². The van der Waals surface area contributed by atoms with E-state index in [-0.39, 0.29) is 24.1 Å². The average Bonchev–Trinajstić information content (AvgIpc) is 3.11. The summed E-state index contributed by atoms with van der Waals surface area (Å²) >= 11 is 0. The predicted molar refractivity (Wildman–Crippen MR) is 64.0 cm³/mol. The van der Waals surface area contributed by atoms with Gasteiger partial charge in [-0.15, -0.1) is 0 Å². The second kappa shape index (κ2) is 6.10. The maximum absolute atomic E-state index is 12.6. The number of alkyl halides is 2. The van der Waals surface area contributed by atoms with E-state index in [2.05, 4.69) is 10.4 Å². The van der Waals surface area contributed by atoms with Crippen LogP contribution in [-0.2, 0) is 16.1 Å². The third-order valence-electron chi connectivity index (χ3n) is 2.97. The molecule has 5 nitrogen and oxygen atoms in total. The Bertz CT molecular complexity index is 444. The van der Waals surface area contributed by atoms with Gasteiger partial charge in [0.1, 0.15) is 12.2 Å². The molecule has 7 heteroatoms. The molecule has 0 saturated heterocycles. The van der Waals surface area contributed by atoms with Gasteiger partial charge >= 0.3 is 0 Å². The summed E-state index contributed by atoms with van der Waals surface area (Å²) in [6, 6.07) is 1.41. The summed E-state index contributed by atoms with van der Waals surface area (Å²) in [5.74, 6) is 0.0228. The Balaban J connectivity index is 2.00. The second-order valence-corrected chi connectivity index (χ2v) is 4.57. The average molecular weight is 273 g/mol. The topological polar surface area (TPSA) is 56.1 Å². The molecular weight excluding hydrogens is 256 g/mol. The molecule has 1 aliphatic carbocycles. The molecule has 1 saturated carbocycles. The van der Waals surface area contributed by atoms with Gasteiger partial charge in [-0.1, -0.05) is 0 Å². The number of rotatable bonds is 7. The van der Waals surface area contributed by atoms with Crippen molar-refractivity contribution in [1.82, 2.24) is 15.1 Å². The third-order valence-corrected chi connectivity index (χ3v) is 2.97. The van der Waals surface area contributed by atoms with Crippen LogP contribution in [0.25, 0.3) is 0 Å². The van der Waals surface area contributed by atoms with E-state index in [9.17, 15) is 13.6 Å². The van der Waals surface area contributed by atoms with Crippen molar-refractivity contribution in [2.75, 3.05) is 20.3 Å². The highest BCUT2D eigenvalue weighted by Crippen LogP contribution is 2.41. The lowest BCUT2D eigenvalue weighted by Gasteiger charge is -2.07. The van der Waals surface area contributed by atoms with Crippen LogP contribution in [0.2, 0.25) is 0 Å². The van der Waals surface area contributed by atoms with Crippen molar-refractivity contribution in [2.45, 2.75) is 31.7 Å². The molecule has 1 amide bonds. The number of nitrogens with one attached hydrogen (secondary N) is 1. The van der Waals surface area contributed by atoms with Crippen molar-refractivity contribution in [1.29, 1.82) is 0 Å². The zero-order valence-corrected chi connectivity index (χ0v) is 10.7. The number of hydrogen-bond acceptors (Lipinski definition) is 3. The summed E-state index contributed by atoms with van der Waals surface area (Å²) < 4.78 is 31.5. The van der Waals surface area contributed by atoms with Crippen molar-refractivity contribution >= 4 is 5.91 Å². The molecule has 1 aliphatic rings. The Hall–Kier alpha value is -1.50. The van der Waals surface area contributed by atoms with Gasteiger partial charge in [0.05, 0.1) is 6.61 Å². The largest absolute Gasteiger partial charge is 0.383 e. The highest BCUT2D eigenvalue weighted by molar-refractivity contribution is 5.75. The van der Waals surface area contributed by atoms with E-state index < -0.39 is 6.43 Å². The van der Waals surface area contributed by atoms with Crippen molar-refractivity contribution in [3.8, 4) is 0 Å². The fourth-order valence-electron chi connectivity index (χ4n) is 1.88. The van der Waals surface area contributed by atoms with Crippen LogP contribution in [0.5, 0.6) is 0 Å². The summed E-state index contributed by atoms with van der Waals surface area (Å²) in [6.45, 7) is 0.794. The minimum absolute atomic E-state index is 0.0255. The maximum atomic E-state index is 12.6. The number of methoxy groups -OCH3 is 1. The molecule has 1 fully saturated rings. The minimum atomic E-state index is -2.60. The van der Waals surface area contributed by atoms with E-state index in [0.717, 1.165) is 18.5 Å². The summed E-state index contributed by atoms with van der Waals surface area (Å²) in [5.41, 5.74) is 0.476. The SMILES string of the molecule is COCCNC(=O)Cn1nc(C(F)F)cc1C1CC1. The Morgan fingerprint density at radius 2 is 2.37 bits per heavy atom. The van der Waals surface area contributed by atoms with Crippen LogP contribution in [0.15, 0.2) is 6.07 Å². The molecule has 0 unspecified atom stereocenters. The highest BCUT2D eigenvalue weighted by atomic mass is 19.3. The van der Waals surface area contributed by atoms with Crippen molar-refractivity contribution < 1.29 is 18.3 Å². The lowest BCUT2D eigenvalue weighted by Crippen LogP contribution is -2.31. The van der Waals surface area contributed by atoms with Crippen LogP contribution in [0, 0.1) is 0 Å². The van der Waals surface area contributed by atoms with Crippen molar-refractivity contribution in [2.24, 2.45) is 0 Å². The van der Waals surface area contributed by atoms with Gasteiger partial charge < -0.3 is 10.1 Å². The first-order valence-electron chi connectivity index (χ1n) is 6.23. The van der Waals surface area contributed by atoms with Crippen LogP contribution in [-0.4, -0.2) is 35.9 Å². The molecule has 2 rings (SSSR count). The number of nitrogens with zero attached hydrogens (tertiary/aromatic N) is 2. The van der Waals surface area contributed by atoms with Crippen molar-refractivity contribution in [3.05, 3.63) is 17.5 Å². The summed E-state index contributed by atoms with van der Waals surface area (Å²) in [6.07, 6.45) is -0.658. The molecule has 19 heavy (non-hydrogen) atoms. The first-order chi connectivity index (χ1) is 9.11. The van der Waals surface area contributed by atoms with Crippen LogP contribution in [0.4, 0.5) is 8.78 Å². The first-order valence-corrected chi connectivity index (χ1v) is 6.23. The summed E-state index contributed by atoms with van der Waals surface area (Å²) in [5, 5.41) is 6.46. The standard InChI is InChI=1S/C12H17F2N3O2/c1-19-5-4-15-11(18)7-17-10(8-2-3-8)6-9(16-17)12(13)14/h6,8,12H,2-5,7H2,1H3,(H,15,18).